The first-order valence-corrected chi connectivity index (χ1v) is 6.62. The Hall–Kier alpha value is -1.95. The second kappa shape index (κ2) is 6.00. The van der Waals surface area contributed by atoms with Crippen molar-refractivity contribution in [3.05, 3.63) is 68.3 Å². The summed E-state index contributed by atoms with van der Waals surface area (Å²) in [6, 6.07) is 7.13. The third kappa shape index (κ3) is 3.14. The fourth-order valence-corrected chi connectivity index (χ4v) is 2.55. The standard InChI is InChI=1S/C14H11BrFNO3/c15-11-5-6-17-13(18)12(11)10(14(19)20)7-8-1-3-9(16)4-2-8/h1-6,10H,7H2,(H,17,18)(H,19,20). The van der Waals surface area contributed by atoms with E-state index in [0.717, 1.165) is 0 Å². The molecule has 0 saturated heterocycles. The van der Waals surface area contributed by atoms with Gasteiger partial charge in [-0.05, 0) is 30.2 Å². The van der Waals surface area contributed by atoms with Gasteiger partial charge < -0.3 is 10.1 Å². The lowest BCUT2D eigenvalue weighted by molar-refractivity contribution is -0.138. The Morgan fingerprint density at radius 2 is 1.95 bits per heavy atom. The molecule has 1 atom stereocenters. The minimum Gasteiger partial charge on any atom is -0.481 e. The van der Waals surface area contributed by atoms with Gasteiger partial charge in [0.05, 0.1) is 5.92 Å². The van der Waals surface area contributed by atoms with Crippen LogP contribution in [0, 0.1) is 5.82 Å². The maximum atomic E-state index is 12.9. The number of pyridine rings is 1. The number of hydrogen-bond donors (Lipinski definition) is 2. The molecule has 1 aromatic heterocycles. The average Bonchev–Trinajstić information content (AvgIpc) is 2.39. The molecule has 20 heavy (non-hydrogen) atoms. The van der Waals surface area contributed by atoms with Gasteiger partial charge in [-0.15, -0.1) is 0 Å². The van der Waals surface area contributed by atoms with E-state index in [2.05, 4.69) is 20.9 Å². The summed E-state index contributed by atoms with van der Waals surface area (Å²) in [6.45, 7) is 0. The van der Waals surface area contributed by atoms with Crippen molar-refractivity contribution in [1.82, 2.24) is 4.98 Å². The summed E-state index contributed by atoms with van der Waals surface area (Å²) in [5, 5.41) is 9.34. The number of halogens is 2. The average molecular weight is 340 g/mol. The molecule has 0 bridgehead atoms. The highest BCUT2D eigenvalue weighted by molar-refractivity contribution is 9.10. The van der Waals surface area contributed by atoms with Crippen LogP contribution >= 0.6 is 15.9 Å². The molecule has 0 saturated carbocycles. The van der Waals surface area contributed by atoms with Crippen LogP contribution in [0.2, 0.25) is 0 Å². The van der Waals surface area contributed by atoms with Crippen molar-refractivity contribution in [3.63, 3.8) is 0 Å². The summed E-state index contributed by atoms with van der Waals surface area (Å²) in [6.07, 6.45) is 1.55. The van der Waals surface area contributed by atoms with E-state index in [4.69, 9.17) is 0 Å². The zero-order chi connectivity index (χ0) is 14.7. The molecule has 104 valence electrons. The van der Waals surface area contributed by atoms with E-state index in [1.165, 1.54) is 30.5 Å². The van der Waals surface area contributed by atoms with Crippen LogP contribution in [0.4, 0.5) is 4.39 Å². The van der Waals surface area contributed by atoms with E-state index in [9.17, 15) is 19.1 Å². The molecule has 0 aliphatic rings. The molecule has 1 heterocycles. The minimum atomic E-state index is -1.10. The van der Waals surface area contributed by atoms with Crippen molar-refractivity contribution in [2.45, 2.75) is 12.3 Å². The van der Waals surface area contributed by atoms with Crippen LogP contribution in [0.5, 0.6) is 0 Å². The van der Waals surface area contributed by atoms with Gasteiger partial charge in [-0.2, -0.15) is 0 Å². The molecule has 2 rings (SSSR count). The third-order valence-electron chi connectivity index (χ3n) is 2.95. The first kappa shape index (κ1) is 14.5. The predicted molar refractivity (Wildman–Crippen MR) is 75.2 cm³/mol. The Kier molecular flexibility index (Phi) is 4.34. The number of benzene rings is 1. The van der Waals surface area contributed by atoms with Gasteiger partial charge in [0.1, 0.15) is 5.82 Å². The van der Waals surface area contributed by atoms with Gasteiger partial charge in [0.2, 0.25) is 0 Å². The summed E-state index contributed by atoms with van der Waals surface area (Å²) >= 11 is 3.20. The molecule has 0 spiro atoms. The molecule has 0 aliphatic carbocycles. The van der Waals surface area contributed by atoms with Crippen LogP contribution in [-0.2, 0) is 11.2 Å². The van der Waals surface area contributed by atoms with Gasteiger partial charge in [0, 0.05) is 16.2 Å². The maximum absolute atomic E-state index is 12.9. The van der Waals surface area contributed by atoms with E-state index < -0.39 is 17.4 Å². The number of hydrogen-bond acceptors (Lipinski definition) is 2. The zero-order valence-electron chi connectivity index (χ0n) is 10.3. The summed E-state index contributed by atoms with van der Waals surface area (Å²) in [7, 11) is 0. The lowest BCUT2D eigenvalue weighted by atomic mass is 9.93. The maximum Gasteiger partial charge on any atom is 0.311 e. The summed E-state index contributed by atoms with van der Waals surface area (Å²) in [5.74, 6) is -2.49. The van der Waals surface area contributed by atoms with Crippen LogP contribution in [0.3, 0.4) is 0 Å². The second-order valence-electron chi connectivity index (χ2n) is 4.29. The molecule has 1 aromatic carbocycles. The van der Waals surface area contributed by atoms with Gasteiger partial charge in [-0.1, -0.05) is 28.1 Å². The number of aliphatic carboxylic acids is 1. The van der Waals surface area contributed by atoms with Gasteiger partial charge in [-0.3, -0.25) is 9.59 Å². The summed E-state index contributed by atoms with van der Waals surface area (Å²) < 4.78 is 13.3. The fourth-order valence-electron chi connectivity index (χ4n) is 1.96. The van der Waals surface area contributed by atoms with Crippen molar-refractivity contribution >= 4 is 21.9 Å². The van der Waals surface area contributed by atoms with Crippen molar-refractivity contribution in [3.8, 4) is 0 Å². The zero-order valence-corrected chi connectivity index (χ0v) is 11.9. The first-order valence-electron chi connectivity index (χ1n) is 5.83. The van der Waals surface area contributed by atoms with Crippen LogP contribution in [0.1, 0.15) is 17.0 Å². The van der Waals surface area contributed by atoms with E-state index >= 15 is 0 Å². The SMILES string of the molecule is O=C(O)C(Cc1ccc(F)cc1)c1c(Br)cc[nH]c1=O. The Labute approximate surface area is 122 Å². The second-order valence-corrected chi connectivity index (χ2v) is 5.14. The van der Waals surface area contributed by atoms with E-state index in [1.807, 2.05) is 0 Å². The number of carbonyl (C=O) groups is 1. The van der Waals surface area contributed by atoms with Crippen molar-refractivity contribution in [1.29, 1.82) is 0 Å². The van der Waals surface area contributed by atoms with Crippen molar-refractivity contribution in [2.24, 2.45) is 0 Å². The van der Waals surface area contributed by atoms with Crippen molar-refractivity contribution in [2.75, 3.05) is 0 Å². The Morgan fingerprint density at radius 1 is 1.30 bits per heavy atom. The monoisotopic (exact) mass is 339 g/mol. The fraction of sp³-hybridized carbons (Fsp3) is 0.143. The Balaban J connectivity index is 2.40. The number of carboxylic acid groups (broad SMARTS) is 1. The minimum absolute atomic E-state index is 0.112. The lowest BCUT2D eigenvalue weighted by Gasteiger charge is -2.13. The Bertz CT molecular complexity index is 682. The largest absolute Gasteiger partial charge is 0.481 e. The van der Waals surface area contributed by atoms with Gasteiger partial charge >= 0.3 is 5.97 Å². The van der Waals surface area contributed by atoms with Gasteiger partial charge in [-0.25, -0.2) is 4.39 Å². The molecule has 1 unspecified atom stereocenters. The summed E-state index contributed by atoms with van der Waals surface area (Å²) in [4.78, 5) is 25.7. The molecular formula is C14H11BrFNO3. The molecule has 4 nitrogen and oxygen atoms in total. The third-order valence-corrected chi connectivity index (χ3v) is 3.64. The molecule has 0 aliphatic heterocycles. The van der Waals surface area contributed by atoms with Gasteiger partial charge in [0.15, 0.2) is 0 Å². The molecular weight excluding hydrogens is 329 g/mol. The topological polar surface area (TPSA) is 70.2 Å². The molecule has 0 radical (unpaired) electrons. The van der Waals surface area contributed by atoms with Crippen LogP contribution < -0.4 is 5.56 Å². The van der Waals surface area contributed by atoms with Crippen LogP contribution in [0.15, 0.2) is 45.8 Å². The normalized spacial score (nSPS) is 12.1. The molecule has 0 amide bonds. The number of carboxylic acids is 1. The predicted octanol–water partition coefficient (Wildman–Crippen LogP) is 2.69. The van der Waals surface area contributed by atoms with E-state index in [1.54, 1.807) is 6.07 Å². The number of nitrogens with one attached hydrogen (secondary N) is 1. The molecule has 0 fully saturated rings. The highest BCUT2D eigenvalue weighted by atomic mass is 79.9. The Morgan fingerprint density at radius 3 is 2.50 bits per heavy atom. The smallest absolute Gasteiger partial charge is 0.311 e. The number of rotatable bonds is 4. The first-order chi connectivity index (χ1) is 9.49. The van der Waals surface area contributed by atoms with Crippen LogP contribution in [0.25, 0.3) is 0 Å². The van der Waals surface area contributed by atoms with E-state index in [0.29, 0.717) is 10.0 Å². The van der Waals surface area contributed by atoms with Crippen LogP contribution in [-0.4, -0.2) is 16.1 Å². The molecule has 6 heteroatoms. The molecule has 2 N–H and O–H groups in total. The molecule has 2 aromatic rings. The number of aromatic nitrogens is 1. The van der Waals surface area contributed by atoms with E-state index in [-0.39, 0.29) is 17.8 Å². The quantitative estimate of drug-likeness (QED) is 0.899. The van der Waals surface area contributed by atoms with Gasteiger partial charge in [0.25, 0.3) is 5.56 Å². The number of H-pyrrole nitrogens is 1. The highest BCUT2D eigenvalue weighted by Gasteiger charge is 2.25. The van der Waals surface area contributed by atoms with Crippen molar-refractivity contribution < 1.29 is 14.3 Å². The summed E-state index contributed by atoms with van der Waals surface area (Å²) in [5.41, 5.74) is 0.354. The highest BCUT2D eigenvalue weighted by Crippen LogP contribution is 2.25. The number of aromatic amines is 1. The lowest BCUT2D eigenvalue weighted by Crippen LogP contribution is -2.24.